The SMILES string of the molecule is CCNC(=NCC(=O)N(C)CC(F)(F)F)NCC(O)c1ccc(OC(C)C)cc1. The first-order valence-electron chi connectivity index (χ1n) is 9.29. The molecule has 0 aromatic heterocycles. The van der Waals surface area contributed by atoms with E-state index in [1.54, 1.807) is 31.2 Å². The van der Waals surface area contributed by atoms with Crippen molar-refractivity contribution in [2.24, 2.45) is 4.99 Å². The summed E-state index contributed by atoms with van der Waals surface area (Å²) in [5, 5.41) is 16.1. The summed E-state index contributed by atoms with van der Waals surface area (Å²) >= 11 is 0. The zero-order valence-electron chi connectivity index (χ0n) is 17.1. The summed E-state index contributed by atoms with van der Waals surface area (Å²) in [6, 6.07) is 6.99. The van der Waals surface area contributed by atoms with Crippen molar-refractivity contribution in [2.45, 2.75) is 39.2 Å². The molecule has 0 fully saturated rings. The Morgan fingerprint density at radius 3 is 2.38 bits per heavy atom. The van der Waals surface area contributed by atoms with Crippen LogP contribution in [-0.4, -0.2) is 67.4 Å². The number of nitrogens with one attached hydrogen (secondary N) is 2. The van der Waals surface area contributed by atoms with Crippen LogP contribution >= 0.6 is 0 Å². The second-order valence-corrected chi connectivity index (χ2v) is 6.69. The molecule has 29 heavy (non-hydrogen) atoms. The number of ether oxygens (including phenoxy) is 1. The van der Waals surface area contributed by atoms with Crippen LogP contribution < -0.4 is 15.4 Å². The molecule has 7 nitrogen and oxygen atoms in total. The zero-order valence-corrected chi connectivity index (χ0v) is 17.1. The van der Waals surface area contributed by atoms with Gasteiger partial charge in [0.15, 0.2) is 5.96 Å². The van der Waals surface area contributed by atoms with E-state index in [4.69, 9.17) is 4.74 Å². The maximum Gasteiger partial charge on any atom is 0.406 e. The molecule has 0 aliphatic rings. The molecule has 0 saturated carbocycles. The van der Waals surface area contributed by atoms with E-state index in [-0.39, 0.29) is 18.6 Å². The first kappa shape index (κ1) is 24.5. The highest BCUT2D eigenvalue weighted by Crippen LogP contribution is 2.18. The van der Waals surface area contributed by atoms with Crippen LogP contribution in [0.5, 0.6) is 5.75 Å². The van der Waals surface area contributed by atoms with E-state index < -0.39 is 31.3 Å². The van der Waals surface area contributed by atoms with Gasteiger partial charge in [-0.15, -0.1) is 0 Å². The van der Waals surface area contributed by atoms with Crippen molar-refractivity contribution in [1.29, 1.82) is 0 Å². The molecule has 1 atom stereocenters. The average Bonchev–Trinajstić information content (AvgIpc) is 2.62. The van der Waals surface area contributed by atoms with Gasteiger partial charge in [-0.2, -0.15) is 13.2 Å². The van der Waals surface area contributed by atoms with Gasteiger partial charge in [-0.1, -0.05) is 12.1 Å². The molecular weight excluding hydrogens is 389 g/mol. The summed E-state index contributed by atoms with van der Waals surface area (Å²) in [6.07, 6.45) is -5.27. The molecule has 3 N–H and O–H groups in total. The number of rotatable bonds is 9. The van der Waals surface area contributed by atoms with Crippen LogP contribution in [0.4, 0.5) is 13.2 Å². The Bertz CT molecular complexity index is 664. The number of aliphatic imine (C=N–C) groups is 1. The van der Waals surface area contributed by atoms with Gasteiger partial charge in [-0.3, -0.25) is 4.79 Å². The number of carbonyl (C=O) groups excluding carboxylic acids is 1. The zero-order chi connectivity index (χ0) is 22.0. The summed E-state index contributed by atoms with van der Waals surface area (Å²) in [4.78, 5) is 16.4. The predicted octanol–water partition coefficient (Wildman–Crippen LogP) is 2.08. The van der Waals surface area contributed by atoms with E-state index in [1.807, 2.05) is 13.8 Å². The Hall–Kier alpha value is -2.49. The monoisotopic (exact) mass is 418 g/mol. The van der Waals surface area contributed by atoms with Crippen LogP contribution in [0.25, 0.3) is 0 Å². The van der Waals surface area contributed by atoms with Crippen molar-refractivity contribution in [3.63, 3.8) is 0 Å². The van der Waals surface area contributed by atoms with Gasteiger partial charge in [0.2, 0.25) is 5.91 Å². The molecule has 1 aromatic carbocycles. The third kappa shape index (κ3) is 10.0. The number of likely N-dealkylation sites (N-methyl/N-ethyl adjacent to an activating group) is 1. The molecule has 0 aliphatic carbocycles. The van der Waals surface area contributed by atoms with E-state index in [1.165, 1.54) is 0 Å². The molecule has 1 unspecified atom stereocenters. The largest absolute Gasteiger partial charge is 0.491 e. The predicted molar refractivity (Wildman–Crippen MR) is 105 cm³/mol. The van der Waals surface area contributed by atoms with Crippen molar-refractivity contribution < 1.29 is 27.8 Å². The summed E-state index contributed by atoms with van der Waals surface area (Å²) in [6.45, 7) is 4.44. The fourth-order valence-corrected chi connectivity index (χ4v) is 2.32. The third-order valence-corrected chi connectivity index (χ3v) is 3.66. The molecule has 0 saturated heterocycles. The van der Waals surface area contributed by atoms with E-state index in [2.05, 4.69) is 15.6 Å². The number of halogens is 3. The molecular formula is C19H29F3N4O3. The number of aliphatic hydroxyl groups excluding tert-OH is 1. The van der Waals surface area contributed by atoms with E-state index in [0.717, 1.165) is 7.05 Å². The number of hydrogen-bond acceptors (Lipinski definition) is 4. The number of nitrogens with zero attached hydrogens (tertiary/aromatic N) is 2. The molecule has 164 valence electrons. The Balaban J connectivity index is 2.62. The molecule has 1 rings (SSSR count). The minimum atomic E-state index is -4.46. The van der Waals surface area contributed by atoms with E-state index in [9.17, 15) is 23.1 Å². The molecule has 0 aliphatic heterocycles. The van der Waals surface area contributed by atoms with Gasteiger partial charge in [0.25, 0.3) is 0 Å². The van der Waals surface area contributed by atoms with E-state index in [0.29, 0.717) is 22.8 Å². The molecule has 10 heteroatoms. The Labute approximate surface area is 168 Å². The Kier molecular flexibility index (Phi) is 9.73. The number of aliphatic hydroxyl groups is 1. The summed E-state index contributed by atoms with van der Waals surface area (Å²) in [5.74, 6) is 0.154. The van der Waals surface area contributed by atoms with Crippen LogP contribution in [0.3, 0.4) is 0 Å². The van der Waals surface area contributed by atoms with Crippen LogP contribution in [0.1, 0.15) is 32.4 Å². The van der Waals surface area contributed by atoms with Gasteiger partial charge >= 0.3 is 6.18 Å². The van der Waals surface area contributed by atoms with Crippen molar-refractivity contribution in [2.75, 3.05) is 33.2 Å². The molecule has 1 aromatic rings. The standard InChI is InChI=1S/C19H29F3N4O3/c1-5-23-18(25-11-17(28)26(4)12-19(20,21)22)24-10-16(27)14-6-8-15(9-7-14)29-13(2)3/h6-9,13,16,27H,5,10-12H2,1-4H3,(H2,23,24,25). The summed E-state index contributed by atoms with van der Waals surface area (Å²) in [5.41, 5.74) is 0.658. The maximum absolute atomic E-state index is 12.4. The fraction of sp³-hybridized carbons (Fsp3) is 0.579. The summed E-state index contributed by atoms with van der Waals surface area (Å²) in [7, 11) is 1.07. The minimum absolute atomic E-state index is 0.0456. The van der Waals surface area contributed by atoms with Crippen LogP contribution in [0.15, 0.2) is 29.3 Å². The Morgan fingerprint density at radius 1 is 1.24 bits per heavy atom. The third-order valence-electron chi connectivity index (χ3n) is 3.66. The lowest BCUT2D eigenvalue weighted by molar-refractivity contribution is -0.157. The van der Waals surface area contributed by atoms with Gasteiger partial charge in [-0.25, -0.2) is 4.99 Å². The number of carbonyl (C=O) groups is 1. The number of amides is 1. The van der Waals surface area contributed by atoms with Crippen LogP contribution in [-0.2, 0) is 4.79 Å². The first-order chi connectivity index (χ1) is 13.5. The average molecular weight is 418 g/mol. The quantitative estimate of drug-likeness (QED) is 0.422. The van der Waals surface area contributed by atoms with Gasteiger partial charge in [-0.05, 0) is 38.5 Å². The van der Waals surface area contributed by atoms with Gasteiger partial charge in [0, 0.05) is 20.1 Å². The highest BCUT2D eigenvalue weighted by atomic mass is 19.4. The van der Waals surface area contributed by atoms with Crippen molar-refractivity contribution in [3.05, 3.63) is 29.8 Å². The highest BCUT2D eigenvalue weighted by Gasteiger charge is 2.31. The molecule has 1 amide bonds. The second-order valence-electron chi connectivity index (χ2n) is 6.69. The molecule has 0 bridgehead atoms. The number of guanidine groups is 1. The number of hydrogen-bond donors (Lipinski definition) is 3. The maximum atomic E-state index is 12.4. The molecule has 0 heterocycles. The van der Waals surface area contributed by atoms with E-state index >= 15 is 0 Å². The lowest BCUT2D eigenvalue weighted by Crippen LogP contribution is -2.41. The van der Waals surface area contributed by atoms with Crippen molar-refractivity contribution in [3.8, 4) is 5.75 Å². The van der Waals surface area contributed by atoms with Crippen molar-refractivity contribution in [1.82, 2.24) is 15.5 Å². The van der Waals surface area contributed by atoms with Gasteiger partial charge in [0.1, 0.15) is 18.8 Å². The lowest BCUT2D eigenvalue weighted by Gasteiger charge is -2.19. The number of alkyl halides is 3. The Morgan fingerprint density at radius 2 is 1.86 bits per heavy atom. The molecule has 0 radical (unpaired) electrons. The van der Waals surface area contributed by atoms with Crippen molar-refractivity contribution >= 4 is 11.9 Å². The fourth-order valence-electron chi connectivity index (χ4n) is 2.32. The first-order valence-corrected chi connectivity index (χ1v) is 9.29. The van der Waals surface area contributed by atoms with Crippen LogP contribution in [0, 0.1) is 0 Å². The smallest absolute Gasteiger partial charge is 0.406 e. The van der Waals surface area contributed by atoms with Gasteiger partial charge in [0.05, 0.1) is 12.2 Å². The normalized spacial score (nSPS) is 13.2. The molecule has 0 spiro atoms. The summed E-state index contributed by atoms with van der Waals surface area (Å²) < 4.78 is 42.6. The second kappa shape index (κ2) is 11.5. The highest BCUT2D eigenvalue weighted by molar-refractivity contribution is 5.84. The van der Waals surface area contributed by atoms with Gasteiger partial charge < -0.3 is 25.4 Å². The minimum Gasteiger partial charge on any atom is -0.491 e. The number of benzene rings is 1. The van der Waals surface area contributed by atoms with Crippen LogP contribution in [0.2, 0.25) is 0 Å². The topological polar surface area (TPSA) is 86.2 Å². The lowest BCUT2D eigenvalue weighted by atomic mass is 10.1.